The third kappa shape index (κ3) is 7.05. The van der Waals surface area contributed by atoms with Gasteiger partial charge in [-0.1, -0.05) is 36.4 Å². The second-order valence-corrected chi connectivity index (χ2v) is 6.65. The zero-order valence-electron chi connectivity index (χ0n) is 17.6. The number of para-hydroxylation sites is 2. The molecule has 2 aromatic rings. The fraction of sp³-hybridized carbons (Fsp3) is 0.273. The van der Waals surface area contributed by atoms with E-state index in [1.54, 1.807) is 0 Å². The summed E-state index contributed by atoms with van der Waals surface area (Å²) < 4.78 is 11.1. The van der Waals surface area contributed by atoms with Crippen molar-refractivity contribution in [2.45, 2.75) is 27.7 Å². The fourth-order valence-corrected chi connectivity index (χ4v) is 2.68. The van der Waals surface area contributed by atoms with Crippen molar-refractivity contribution in [3.05, 3.63) is 58.7 Å². The van der Waals surface area contributed by atoms with Crippen LogP contribution in [0.5, 0.6) is 11.5 Å². The summed E-state index contributed by atoms with van der Waals surface area (Å²) >= 11 is 0. The first-order chi connectivity index (χ1) is 14.4. The van der Waals surface area contributed by atoms with E-state index in [-0.39, 0.29) is 13.2 Å². The minimum absolute atomic E-state index is 0.160. The SMILES string of the molecule is Cc1cccc(C)c1OCC(=O)N/N=C\C=N\NC(=O)COc1c(C)cccc1C. The van der Waals surface area contributed by atoms with Crippen molar-refractivity contribution in [1.82, 2.24) is 10.9 Å². The highest BCUT2D eigenvalue weighted by Gasteiger charge is 2.07. The number of carbonyl (C=O) groups is 2. The van der Waals surface area contributed by atoms with Gasteiger partial charge in [-0.2, -0.15) is 10.2 Å². The van der Waals surface area contributed by atoms with Gasteiger partial charge in [0, 0.05) is 0 Å². The van der Waals surface area contributed by atoms with Gasteiger partial charge in [0.05, 0.1) is 12.4 Å². The topological polar surface area (TPSA) is 101 Å². The third-order valence-electron chi connectivity index (χ3n) is 4.11. The highest BCUT2D eigenvalue weighted by molar-refractivity contribution is 6.16. The molecule has 0 fully saturated rings. The van der Waals surface area contributed by atoms with E-state index in [2.05, 4.69) is 21.1 Å². The van der Waals surface area contributed by atoms with E-state index in [0.717, 1.165) is 22.3 Å². The van der Waals surface area contributed by atoms with Gasteiger partial charge in [0.25, 0.3) is 11.8 Å². The van der Waals surface area contributed by atoms with E-state index in [4.69, 9.17) is 9.47 Å². The van der Waals surface area contributed by atoms with Crippen molar-refractivity contribution in [1.29, 1.82) is 0 Å². The maximum Gasteiger partial charge on any atom is 0.277 e. The van der Waals surface area contributed by atoms with Crippen LogP contribution in [-0.4, -0.2) is 37.5 Å². The van der Waals surface area contributed by atoms with Crippen molar-refractivity contribution >= 4 is 24.2 Å². The highest BCUT2D eigenvalue weighted by Crippen LogP contribution is 2.22. The molecule has 0 heterocycles. The first-order valence-electron chi connectivity index (χ1n) is 9.39. The molecule has 0 aromatic heterocycles. The Morgan fingerprint density at radius 1 is 0.733 bits per heavy atom. The lowest BCUT2D eigenvalue weighted by Crippen LogP contribution is -2.26. The van der Waals surface area contributed by atoms with Crippen LogP contribution < -0.4 is 20.3 Å². The minimum atomic E-state index is -0.409. The molecule has 158 valence electrons. The van der Waals surface area contributed by atoms with Gasteiger partial charge in [-0.15, -0.1) is 0 Å². The smallest absolute Gasteiger partial charge is 0.277 e. The summed E-state index contributed by atoms with van der Waals surface area (Å²) in [6.45, 7) is 7.33. The number of ether oxygens (including phenoxy) is 2. The van der Waals surface area contributed by atoms with Crippen molar-refractivity contribution in [3.8, 4) is 11.5 Å². The Balaban J connectivity index is 1.67. The number of hydrogen-bond acceptors (Lipinski definition) is 6. The molecule has 2 N–H and O–H groups in total. The standard InChI is InChI=1S/C22H26N4O4/c1-15-7-5-8-16(2)21(15)29-13-19(27)25-23-11-12-24-26-20(28)14-30-22-17(3)9-6-10-18(22)4/h5-12H,13-14H2,1-4H3,(H,25,27)(H,26,28)/b23-11-,24-12+. The lowest BCUT2D eigenvalue weighted by Gasteiger charge is -2.10. The van der Waals surface area contributed by atoms with Crippen LogP contribution in [0, 0.1) is 27.7 Å². The number of carbonyl (C=O) groups excluding carboxylic acids is 2. The van der Waals surface area contributed by atoms with Gasteiger partial charge < -0.3 is 9.47 Å². The summed E-state index contributed by atoms with van der Waals surface area (Å²) in [5, 5.41) is 7.41. The predicted octanol–water partition coefficient (Wildman–Crippen LogP) is 2.58. The summed E-state index contributed by atoms with van der Waals surface area (Å²) in [4.78, 5) is 23.5. The van der Waals surface area contributed by atoms with Crippen molar-refractivity contribution in [3.63, 3.8) is 0 Å². The van der Waals surface area contributed by atoms with E-state index in [1.807, 2.05) is 64.1 Å². The zero-order chi connectivity index (χ0) is 21.9. The van der Waals surface area contributed by atoms with Crippen LogP contribution in [0.4, 0.5) is 0 Å². The maximum absolute atomic E-state index is 11.8. The predicted molar refractivity (Wildman–Crippen MR) is 116 cm³/mol. The lowest BCUT2D eigenvalue weighted by atomic mass is 10.1. The number of aryl methyl sites for hydroxylation is 4. The first kappa shape index (κ1) is 22.6. The molecule has 0 saturated carbocycles. The number of nitrogens with zero attached hydrogens (tertiary/aromatic N) is 2. The van der Waals surface area contributed by atoms with Crippen LogP contribution in [0.3, 0.4) is 0 Å². The Bertz CT molecular complexity index is 836. The van der Waals surface area contributed by atoms with E-state index >= 15 is 0 Å². The average Bonchev–Trinajstić information content (AvgIpc) is 2.70. The fourth-order valence-electron chi connectivity index (χ4n) is 2.68. The molecular weight excluding hydrogens is 384 g/mol. The molecule has 0 unspecified atom stereocenters. The summed E-state index contributed by atoms with van der Waals surface area (Å²) in [5.41, 5.74) is 8.45. The minimum Gasteiger partial charge on any atom is -0.483 e. The molecule has 0 bridgehead atoms. The lowest BCUT2D eigenvalue weighted by molar-refractivity contribution is -0.123. The van der Waals surface area contributed by atoms with E-state index in [9.17, 15) is 9.59 Å². The Labute approximate surface area is 176 Å². The molecule has 0 saturated heterocycles. The van der Waals surface area contributed by atoms with Crippen LogP contribution >= 0.6 is 0 Å². The first-order valence-corrected chi connectivity index (χ1v) is 9.39. The monoisotopic (exact) mass is 410 g/mol. The van der Waals surface area contributed by atoms with Crippen LogP contribution in [-0.2, 0) is 9.59 Å². The van der Waals surface area contributed by atoms with Gasteiger partial charge in [-0.05, 0) is 49.9 Å². The van der Waals surface area contributed by atoms with Gasteiger partial charge in [-0.25, -0.2) is 10.9 Å². The van der Waals surface area contributed by atoms with Crippen LogP contribution in [0.2, 0.25) is 0 Å². The Morgan fingerprint density at radius 2 is 1.07 bits per heavy atom. The Hall–Kier alpha value is -3.68. The van der Waals surface area contributed by atoms with Crippen LogP contribution in [0.15, 0.2) is 46.6 Å². The molecule has 2 rings (SSSR count). The van der Waals surface area contributed by atoms with Crippen molar-refractivity contribution in [2.75, 3.05) is 13.2 Å². The molecule has 2 amide bonds. The van der Waals surface area contributed by atoms with Gasteiger partial charge in [-0.3, -0.25) is 9.59 Å². The largest absolute Gasteiger partial charge is 0.483 e. The highest BCUT2D eigenvalue weighted by atomic mass is 16.5. The third-order valence-corrected chi connectivity index (χ3v) is 4.11. The van der Waals surface area contributed by atoms with Crippen molar-refractivity contribution < 1.29 is 19.1 Å². The summed E-state index contributed by atoms with van der Waals surface area (Å²) in [6.07, 6.45) is 2.48. The molecule has 0 aliphatic carbocycles. The molecule has 2 aromatic carbocycles. The van der Waals surface area contributed by atoms with E-state index < -0.39 is 11.8 Å². The van der Waals surface area contributed by atoms with Gasteiger partial charge in [0.2, 0.25) is 0 Å². The normalized spacial score (nSPS) is 10.9. The molecular formula is C22H26N4O4. The number of rotatable bonds is 9. The average molecular weight is 410 g/mol. The van der Waals surface area contributed by atoms with E-state index in [0.29, 0.717) is 11.5 Å². The molecule has 0 radical (unpaired) electrons. The number of nitrogens with one attached hydrogen (secondary N) is 2. The zero-order valence-corrected chi connectivity index (χ0v) is 17.6. The molecule has 30 heavy (non-hydrogen) atoms. The molecule has 0 spiro atoms. The number of benzene rings is 2. The van der Waals surface area contributed by atoms with Gasteiger partial charge >= 0.3 is 0 Å². The van der Waals surface area contributed by atoms with Crippen LogP contribution in [0.1, 0.15) is 22.3 Å². The second-order valence-electron chi connectivity index (χ2n) is 6.65. The van der Waals surface area contributed by atoms with Crippen molar-refractivity contribution in [2.24, 2.45) is 10.2 Å². The number of hydrogen-bond donors (Lipinski definition) is 2. The molecule has 0 aliphatic heterocycles. The number of amides is 2. The molecule has 0 aliphatic rings. The molecule has 8 nitrogen and oxygen atoms in total. The molecule has 0 atom stereocenters. The quantitative estimate of drug-likeness (QED) is 0.490. The Kier molecular flexibility index (Phi) is 8.56. The summed E-state index contributed by atoms with van der Waals surface area (Å²) in [5.74, 6) is 0.551. The van der Waals surface area contributed by atoms with Gasteiger partial charge in [0.15, 0.2) is 13.2 Å². The summed E-state index contributed by atoms with van der Waals surface area (Å²) in [6, 6.07) is 11.5. The van der Waals surface area contributed by atoms with Crippen LogP contribution in [0.25, 0.3) is 0 Å². The molecule has 8 heteroatoms. The van der Waals surface area contributed by atoms with E-state index in [1.165, 1.54) is 12.4 Å². The maximum atomic E-state index is 11.8. The summed E-state index contributed by atoms with van der Waals surface area (Å²) in [7, 11) is 0. The Morgan fingerprint density at radius 3 is 1.40 bits per heavy atom. The second kappa shape index (κ2) is 11.4. The van der Waals surface area contributed by atoms with Gasteiger partial charge in [0.1, 0.15) is 11.5 Å². The number of hydrazone groups is 2.